The molecule has 0 fully saturated rings. The fraction of sp³-hybridized carbons (Fsp3) is 0.0270. The van der Waals surface area contributed by atoms with Gasteiger partial charge in [0.25, 0.3) is 0 Å². The van der Waals surface area contributed by atoms with Crippen LogP contribution in [0.5, 0.6) is 0 Å². The minimum atomic E-state index is -1.58. The predicted octanol–water partition coefficient (Wildman–Crippen LogP) is 7.60. The molecular weight excluding hydrogens is 517 g/mol. The summed E-state index contributed by atoms with van der Waals surface area (Å²) in [6, 6.07) is 42.1. The Morgan fingerprint density at radius 3 is 2.21 bits per heavy atom. The highest BCUT2D eigenvalue weighted by Gasteiger charge is 2.25. The van der Waals surface area contributed by atoms with Gasteiger partial charge >= 0.3 is 7.12 Å². The molecule has 0 aliphatic heterocycles. The number of fused-ring (bicyclic) bond motifs is 10. The van der Waals surface area contributed by atoms with E-state index >= 15 is 0 Å². The number of rotatable bonds is 3. The lowest BCUT2D eigenvalue weighted by Gasteiger charge is -2.09. The average molecular weight is 541 g/mol. The molecule has 0 atom stereocenters. The Kier molecular flexibility index (Phi) is 4.89. The van der Waals surface area contributed by atoms with Crippen LogP contribution in [-0.2, 0) is 6.42 Å². The molecule has 2 heterocycles. The number of furan rings is 1. The Morgan fingerprint density at radius 1 is 0.595 bits per heavy atom. The number of nitrogens with zero attached hydrogens (tertiary/aromatic N) is 1. The van der Waals surface area contributed by atoms with Gasteiger partial charge in [-0.2, -0.15) is 0 Å². The van der Waals surface area contributed by atoms with Gasteiger partial charge in [-0.15, -0.1) is 0 Å². The molecule has 6 aromatic carbocycles. The van der Waals surface area contributed by atoms with Gasteiger partial charge in [-0.1, -0.05) is 72.8 Å². The van der Waals surface area contributed by atoms with E-state index in [1.165, 1.54) is 44.1 Å². The Hall–Kier alpha value is -5.10. The lowest BCUT2D eigenvalue weighted by molar-refractivity contribution is 0.426. The molecule has 0 unspecified atom stereocenters. The Morgan fingerprint density at radius 2 is 1.36 bits per heavy atom. The van der Waals surface area contributed by atoms with Crippen LogP contribution in [0, 0.1) is 0 Å². The normalized spacial score (nSPS) is 12.4. The fourth-order valence-corrected chi connectivity index (χ4v) is 7.03. The first-order valence-corrected chi connectivity index (χ1v) is 14.2. The number of hydrogen-bond acceptors (Lipinski definition) is 3. The van der Waals surface area contributed by atoms with Crippen LogP contribution >= 0.6 is 0 Å². The van der Waals surface area contributed by atoms with E-state index in [-0.39, 0.29) is 0 Å². The van der Waals surface area contributed by atoms with Crippen molar-refractivity contribution in [3.05, 3.63) is 132 Å². The highest BCUT2D eigenvalue weighted by molar-refractivity contribution is 6.62. The molecule has 1 aliphatic rings. The molecule has 0 spiro atoms. The summed E-state index contributed by atoms with van der Waals surface area (Å²) in [5, 5.41) is 24.2. The second-order valence-corrected chi connectivity index (χ2v) is 11.1. The van der Waals surface area contributed by atoms with Crippen LogP contribution in [0.2, 0.25) is 0 Å². The van der Waals surface area contributed by atoms with E-state index in [0.29, 0.717) is 11.0 Å². The van der Waals surface area contributed by atoms with Gasteiger partial charge in [0.15, 0.2) is 0 Å². The first-order chi connectivity index (χ1) is 20.7. The van der Waals surface area contributed by atoms with Crippen molar-refractivity contribution in [3.8, 4) is 27.9 Å². The first-order valence-electron chi connectivity index (χ1n) is 14.2. The van der Waals surface area contributed by atoms with Crippen LogP contribution < -0.4 is 5.46 Å². The smallest absolute Gasteiger partial charge is 0.456 e. The maximum Gasteiger partial charge on any atom is 0.489 e. The van der Waals surface area contributed by atoms with Crippen LogP contribution in [-0.4, -0.2) is 21.7 Å². The molecule has 1 aliphatic carbocycles. The van der Waals surface area contributed by atoms with Crippen LogP contribution in [0.3, 0.4) is 0 Å². The quantitative estimate of drug-likeness (QED) is 0.227. The van der Waals surface area contributed by atoms with Gasteiger partial charge in [0.05, 0.1) is 11.0 Å². The molecule has 2 aromatic heterocycles. The zero-order chi connectivity index (χ0) is 27.9. The average Bonchev–Trinajstić information content (AvgIpc) is 3.69. The monoisotopic (exact) mass is 541 g/mol. The number of para-hydroxylation sites is 1. The largest absolute Gasteiger partial charge is 0.489 e. The molecule has 5 heteroatoms. The third-order valence-electron chi connectivity index (χ3n) is 8.87. The van der Waals surface area contributed by atoms with E-state index in [1.54, 1.807) is 12.1 Å². The van der Waals surface area contributed by atoms with Crippen LogP contribution in [0.4, 0.5) is 0 Å². The summed E-state index contributed by atoms with van der Waals surface area (Å²) in [7, 11) is -1.58. The summed E-state index contributed by atoms with van der Waals surface area (Å²) < 4.78 is 8.44. The Bertz CT molecular complexity index is 2370. The lowest BCUT2D eigenvalue weighted by Crippen LogP contribution is -2.30. The third kappa shape index (κ3) is 3.26. The van der Waals surface area contributed by atoms with E-state index in [0.717, 1.165) is 39.6 Å². The van der Waals surface area contributed by atoms with E-state index in [2.05, 4.69) is 102 Å². The summed E-state index contributed by atoms with van der Waals surface area (Å²) in [6.07, 6.45) is 0.917. The van der Waals surface area contributed by atoms with Crippen LogP contribution in [0.1, 0.15) is 11.1 Å². The molecule has 9 rings (SSSR count). The predicted molar refractivity (Wildman–Crippen MR) is 172 cm³/mol. The molecule has 0 amide bonds. The summed E-state index contributed by atoms with van der Waals surface area (Å²) in [4.78, 5) is 0. The zero-order valence-corrected chi connectivity index (χ0v) is 22.6. The molecule has 8 aromatic rings. The van der Waals surface area contributed by atoms with Crippen LogP contribution in [0.15, 0.2) is 126 Å². The number of aromatic nitrogens is 1. The van der Waals surface area contributed by atoms with Gasteiger partial charge in [0, 0.05) is 27.2 Å². The zero-order valence-electron chi connectivity index (χ0n) is 22.6. The summed E-state index contributed by atoms with van der Waals surface area (Å²) in [5.41, 5.74) is 12.9. The molecule has 0 saturated carbocycles. The molecular formula is C37H24BNO3. The van der Waals surface area contributed by atoms with Crippen molar-refractivity contribution >= 4 is 56.3 Å². The number of benzene rings is 6. The van der Waals surface area contributed by atoms with Crippen molar-refractivity contribution in [2.24, 2.45) is 0 Å². The van der Waals surface area contributed by atoms with E-state index in [9.17, 15) is 10.0 Å². The maximum absolute atomic E-state index is 10.1. The van der Waals surface area contributed by atoms with Gasteiger partial charge in [-0.25, -0.2) is 0 Å². The molecule has 42 heavy (non-hydrogen) atoms. The lowest BCUT2D eigenvalue weighted by atomic mass is 9.77. The highest BCUT2D eigenvalue weighted by atomic mass is 16.4. The van der Waals surface area contributed by atoms with E-state index in [1.807, 2.05) is 12.1 Å². The van der Waals surface area contributed by atoms with Gasteiger partial charge in [-0.3, -0.25) is 0 Å². The van der Waals surface area contributed by atoms with E-state index < -0.39 is 7.12 Å². The Balaban J connectivity index is 1.32. The minimum Gasteiger partial charge on any atom is -0.456 e. The van der Waals surface area contributed by atoms with Crippen molar-refractivity contribution in [1.29, 1.82) is 0 Å². The summed E-state index contributed by atoms with van der Waals surface area (Å²) in [6.45, 7) is 0. The second-order valence-electron chi connectivity index (χ2n) is 11.1. The van der Waals surface area contributed by atoms with Gasteiger partial charge in [-0.05, 0) is 93.8 Å². The van der Waals surface area contributed by atoms with Crippen LogP contribution in [0.25, 0.3) is 71.7 Å². The topological polar surface area (TPSA) is 58.5 Å². The second kappa shape index (κ2) is 8.70. The molecule has 0 bridgehead atoms. The first kappa shape index (κ1) is 23.6. The minimum absolute atomic E-state index is 0.444. The number of hydrogen-bond donors (Lipinski definition) is 2. The van der Waals surface area contributed by atoms with Gasteiger partial charge in [0.2, 0.25) is 0 Å². The van der Waals surface area contributed by atoms with Crippen molar-refractivity contribution in [1.82, 2.24) is 4.57 Å². The third-order valence-corrected chi connectivity index (χ3v) is 8.87. The van der Waals surface area contributed by atoms with Crippen molar-refractivity contribution in [2.45, 2.75) is 6.42 Å². The maximum atomic E-state index is 10.1. The Labute approximate surface area is 241 Å². The standard InChI is InChI=1S/C37H24BNO3/c40-38(41)31-11-6-12-35-37(31)30-20-23(14-18-34(30)42-35)22-13-16-32-29(19-22)36-28-21-24-7-4-5-10-26(24)27(28)15-17-33(36)39(32)25-8-2-1-3-9-25/h1-20,40-41H,21H2. The highest BCUT2D eigenvalue weighted by Crippen LogP contribution is 2.45. The molecule has 4 nitrogen and oxygen atoms in total. The van der Waals surface area contributed by atoms with Crippen molar-refractivity contribution in [2.75, 3.05) is 0 Å². The van der Waals surface area contributed by atoms with E-state index in [4.69, 9.17) is 4.42 Å². The SMILES string of the molecule is OB(O)c1cccc2oc3ccc(-c4ccc5c(c4)c4c6c(ccc4n5-c4ccccc4)-c4ccccc4C6)cc3c12. The van der Waals surface area contributed by atoms with Gasteiger partial charge in [0.1, 0.15) is 11.2 Å². The fourth-order valence-electron chi connectivity index (χ4n) is 7.03. The molecule has 0 radical (unpaired) electrons. The van der Waals surface area contributed by atoms with Gasteiger partial charge < -0.3 is 19.0 Å². The van der Waals surface area contributed by atoms with Crippen molar-refractivity contribution < 1.29 is 14.5 Å². The summed E-state index contributed by atoms with van der Waals surface area (Å²) in [5.74, 6) is 0. The molecule has 198 valence electrons. The molecule has 0 saturated heterocycles. The summed E-state index contributed by atoms with van der Waals surface area (Å²) >= 11 is 0. The molecule has 2 N–H and O–H groups in total. The van der Waals surface area contributed by atoms with Crippen molar-refractivity contribution in [3.63, 3.8) is 0 Å².